The molecule has 0 radical (unpaired) electrons. The van der Waals surface area contributed by atoms with Crippen LogP contribution >= 0.6 is 0 Å². The number of nitrogen functional groups attached to an aromatic ring is 1. The van der Waals surface area contributed by atoms with E-state index in [1.807, 2.05) is 46.8 Å². The number of nitrogens with zero attached hydrogens (tertiary/aromatic N) is 10. The number of likely N-dealkylation sites (N-methyl/N-ethyl adjacent to an activating group) is 1. The Balaban J connectivity index is 1.18. The minimum atomic E-state index is 0.0905. The van der Waals surface area contributed by atoms with Crippen LogP contribution in [0.5, 0.6) is 0 Å². The van der Waals surface area contributed by atoms with E-state index in [1.54, 1.807) is 23.6 Å². The monoisotopic (exact) mass is 589 g/mol. The first kappa shape index (κ1) is 27.7. The van der Waals surface area contributed by atoms with Crippen LogP contribution in [-0.4, -0.2) is 98.1 Å². The number of amides is 1. The van der Waals surface area contributed by atoms with E-state index in [2.05, 4.69) is 49.0 Å². The zero-order chi connectivity index (χ0) is 30.0. The van der Waals surface area contributed by atoms with Crippen molar-refractivity contribution in [3.8, 4) is 17.1 Å². The highest BCUT2D eigenvalue weighted by atomic mass is 16.2. The van der Waals surface area contributed by atoms with Gasteiger partial charge in [0.2, 0.25) is 5.91 Å². The van der Waals surface area contributed by atoms with Gasteiger partial charge in [-0.05, 0) is 54.4 Å². The van der Waals surface area contributed by atoms with Gasteiger partial charge in [-0.3, -0.25) is 14.3 Å². The van der Waals surface area contributed by atoms with Crippen LogP contribution < -0.4 is 15.5 Å². The summed E-state index contributed by atoms with van der Waals surface area (Å²) in [7, 11) is 1.85. The first-order chi connectivity index (χ1) is 21.5. The molecule has 12 heteroatoms. The lowest BCUT2D eigenvalue weighted by atomic mass is 10.1. The number of carbonyl (C=O) groups is 1. The van der Waals surface area contributed by atoms with Gasteiger partial charge in [0, 0.05) is 70.9 Å². The first-order valence-electron chi connectivity index (χ1n) is 15.0. The fraction of sp³-hybridized carbons (Fsp3) is 0.312. The van der Waals surface area contributed by atoms with Gasteiger partial charge in [-0.15, -0.1) is 0 Å². The minimum Gasteiger partial charge on any atom is -0.383 e. The van der Waals surface area contributed by atoms with Crippen molar-refractivity contribution < 1.29 is 4.79 Å². The summed E-state index contributed by atoms with van der Waals surface area (Å²) in [5.41, 5.74) is 10.7. The van der Waals surface area contributed by atoms with Crippen LogP contribution in [0.4, 0.5) is 17.5 Å². The number of hydrogen-bond acceptors (Lipinski definition) is 10. The number of nitrogens with two attached hydrogens (primary N) is 1. The van der Waals surface area contributed by atoms with Crippen LogP contribution in [0.1, 0.15) is 12.0 Å². The third-order valence-electron chi connectivity index (χ3n) is 8.43. The van der Waals surface area contributed by atoms with Crippen LogP contribution in [0.2, 0.25) is 0 Å². The van der Waals surface area contributed by atoms with Crippen molar-refractivity contribution in [1.82, 2.24) is 39.3 Å². The maximum atomic E-state index is 12.6. The average molecular weight is 590 g/mol. The van der Waals surface area contributed by atoms with Crippen LogP contribution in [-0.2, 0) is 11.3 Å². The molecule has 1 aromatic carbocycles. The van der Waals surface area contributed by atoms with Crippen LogP contribution in [0.15, 0.2) is 73.3 Å². The molecule has 2 aliphatic heterocycles. The Kier molecular flexibility index (Phi) is 7.49. The van der Waals surface area contributed by atoms with E-state index in [9.17, 15) is 4.79 Å². The second-order valence-electron chi connectivity index (χ2n) is 11.3. The number of benzene rings is 1. The molecule has 5 aromatic rings. The second kappa shape index (κ2) is 11.9. The number of anilines is 3. The minimum absolute atomic E-state index is 0.0905. The maximum Gasteiger partial charge on any atom is 0.241 e. The normalized spacial score (nSPS) is 16.5. The Labute approximate surface area is 255 Å². The summed E-state index contributed by atoms with van der Waals surface area (Å²) in [5, 5.41) is 0. The fourth-order valence-corrected chi connectivity index (χ4v) is 5.95. The molecular weight excluding hydrogens is 554 g/mol. The van der Waals surface area contributed by atoms with Gasteiger partial charge in [0.25, 0.3) is 0 Å². The molecular formula is C32H35N11O. The van der Waals surface area contributed by atoms with Crippen molar-refractivity contribution in [2.75, 3.05) is 68.4 Å². The SMILES string of the molecule is CN1CCCN(c2ccc3nc(-c4cccnc4N)n(-c4ccc(CN5CCN(c6ccncn6)CC5)cc4)c3n2)CC1=O. The summed E-state index contributed by atoms with van der Waals surface area (Å²) >= 11 is 0. The molecule has 2 aliphatic rings. The van der Waals surface area contributed by atoms with Gasteiger partial charge in [0.15, 0.2) is 11.5 Å². The molecule has 2 fully saturated rings. The van der Waals surface area contributed by atoms with E-state index < -0.39 is 0 Å². The van der Waals surface area contributed by atoms with E-state index in [0.29, 0.717) is 23.8 Å². The highest BCUT2D eigenvalue weighted by Crippen LogP contribution is 2.32. The molecule has 2 N–H and O–H groups in total. The molecule has 0 spiro atoms. The van der Waals surface area contributed by atoms with Crippen molar-refractivity contribution in [1.29, 1.82) is 0 Å². The summed E-state index contributed by atoms with van der Waals surface area (Å²) in [6.45, 7) is 6.45. The quantitative estimate of drug-likeness (QED) is 0.316. The molecule has 0 atom stereocenters. The Morgan fingerprint density at radius 2 is 1.66 bits per heavy atom. The van der Waals surface area contributed by atoms with Crippen molar-refractivity contribution in [3.05, 3.63) is 78.9 Å². The predicted octanol–water partition coefficient (Wildman–Crippen LogP) is 2.85. The van der Waals surface area contributed by atoms with Gasteiger partial charge in [-0.25, -0.2) is 24.9 Å². The molecule has 44 heavy (non-hydrogen) atoms. The molecule has 12 nitrogen and oxygen atoms in total. The van der Waals surface area contributed by atoms with Gasteiger partial charge in [0.1, 0.15) is 29.3 Å². The predicted molar refractivity (Wildman–Crippen MR) is 170 cm³/mol. The van der Waals surface area contributed by atoms with Gasteiger partial charge < -0.3 is 20.4 Å². The lowest BCUT2D eigenvalue weighted by Crippen LogP contribution is -2.46. The number of hydrogen-bond donors (Lipinski definition) is 1. The third kappa shape index (κ3) is 5.51. The fourth-order valence-electron chi connectivity index (χ4n) is 5.95. The summed E-state index contributed by atoms with van der Waals surface area (Å²) in [6, 6.07) is 18.2. The molecule has 0 saturated carbocycles. The van der Waals surface area contributed by atoms with Crippen molar-refractivity contribution >= 4 is 34.5 Å². The highest BCUT2D eigenvalue weighted by molar-refractivity contribution is 5.85. The van der Waals surface area contributed by atoms with E-state index in [-0.39, 0.29) is 5.91 Å². The average Bonchev–Trinajstić information content (AvgIpc) is 3.35. The van der Waals surface area contributed by atoms with Crippen molar-refractivity contribution in [2.45, 2.75) is 13.0 Å². The topological polar surface area (TPSA) is 125 Å². The zero-order valence-corrected chi connectivity index (χ0v) is 24.7. The van der Waals surface area contributed by atoms with Crippen molar-refractivity contribution in [3.63, 3.8) is 0 Å². The Hall–Kier alpha value is -5.10. The Morgan fingerprint density at radius 3 is 2.43 bits per heavy atom. The van der Waals surface area contributed by atoms with Crippen molar-refractivity contribution in [2.24, 2.45) is 0 Å². The highest BCUT2D eigenvalue weighted by Gasteiger charge is 2.23. The number of aromatic nitrogens is 6. The number of imidazole rings is 1. The molecule has 7 rings (SSSR count). The first-order valence-corrected chi connectivity index (χ1v) is 15.0. The lowest BCUT2D eigenvalue weighted by molar-refractivity contribution is -0.127. The van der Waals surface area contributed by atoms with E-state index in [0.717, 1.165) is 80.6 Å². The number of pyridine rings is 2. The molecule has 0 aliphatic carbocycles. The number of carbonyl (C=O) groups excluding carboxylic acids is 1. The number of fused-ring (bicyclic) bond motifs is 1. The van der Waals surface area contributed by atoms with Crippen LogP contribution in [0.25, 0.3) is 28.2 Å². The number of piperazine rings is 1. The van der Waals surface area contributed by atoms with Crippen LogP contribution in [0, 0.1) is 0 Å². The molecule has 0 unspecified atom stereocenters. The lowest BCUT2D eigenvalue weighted by Gasteiger charge is -2.35. The summed E-state index contributed by atoms with van der Waals surface area (Å²) < 4.78 is 2.04. The molecule has 2 saturated heterocycles. The molecule has 224 valence electrons. The Morgan fingerprint density at radius 1 is 0.818 bits per heavy atom. The van der Waals surface area contributed by atoms with E-state index in [4.69, 9.17) is 15.7 Å². The van der Waals surface area contributed by atoms with E-state index in [1.165, 1.54) is 5.56 Å². The van der Waals surface area contributed by atoms with Gasteiger partial charge >= 0.3 is 0 Å². The van der Waals surface area contributed by atoms with E-state index >= 15 is 0 Å². The van der Waals surface area contributed by atoms with Gasteiger partial charge in [0.05, 0.1) is 12.1 Å². The zero-order valence-electron chi connectivity index (χ0n) is 24.7. The molecule has 0 bridgehead atoms. The smallest absolute Gasteiger partial charge is 0.241 e. The molecule has 4 aromatic heterocycles. The van der Waals surface area contributed by atoms with Gasteiger partial charge in [-0.2, -0.15) is 0 Å². The number of rotatable bonds is 6. The van der Waals surface area contributed by atoms with Crippen LogP contribution in [0.3, 0.4) is 0 Å². The molecule has 6 heterocycles. The third-order valence-corrected chi connectivity index (χ3v) is 8.43. The standard InChI is InChI=1S/C32H35N11O/c1-39-14-3-15-42(21-29(39)44)28-10-9-26-32(38-28)43(31(37-26)25-4-2-12-35-30(25)33)24-7-5-23(6-8-24)20-40-16-18-41(19-17-40)27-11-13-34-22-36-27/h2,4-13,22H,3,14-21H2,1H3,(H2,33,35). The summed E-state index contributed by atoms with van der Waals surface area (Å²) in [5.74, 6) is 2.91. The summed E-state index contributed by atoms with van der Waals surface area (Å²) in [6.07, 6.45) is 5.96. The maximum absolute atomic E-state index is 12.6. The largest absolute Gasteiger partial charge is 0.383 e. The molecule has 1 amide bonds. The second-order valence-corrected chi connectivity index (χ2v) is 11.3. The summed E-state index contributed by atoms with van der Waals surface area (Å²) in [4.78, 5) is 44.0. The van der Waals surface area contributed by atoms with Gasteiger partial charge in [-0.1, -0.05) is 12.1 Å². The Bertz CT molecular complexity index is 1760.